The van der Waals surface area contributed by atoms with E-state index in [1.54, 1.807) is 7.11 Å². The number of methoxy groups -OCH3 is 2. The van der Waals surface area contributed by atoms with Gasteiger partial charge >= 0.3 is 5.97 Å². The van der Waals surface area contributed by atoms with E-state index < -0.39 is 0 Å². The highest BCUT2D eigenvalue weighted by atomic mass is 16.5. The third kappa shape index (κ3) is 3.97. The Balaban J connectivity index is 3.34. The Labute approximate surface area is 55.0 Å². The molecule has 0 unspecified atom stereocenters. The van der Waals surface area contributed by atoms with Crippen LogP contribution in [0.1, 0.15) is 13.3 Å². The Morgan fingerprint density at radius 2 is 2.11 bits per heavy atom. The Kier molecular flexibility index (Phi) is 4.05. The Morgan fingerprint density at radius 1 is 1.56 bits per heavy atom. The van der Waals surface area contributed by atoms with Crippen molar-refractivity contribution < 1.29 is 14.3 Å². The highest BCUT2D eigenvalue weighted by molar-refractivity contribution is 5.69. The van der Waals surface area contributed by atoms with Crippen molar-refractivity contribution in [2.24, 2.45) is 0 Å². The molecule has 0 bridgehead atoms. The monoisotopic (exact) mass is 132 g/mol. The molecule has 0 radical (unpaired) electrons. The summed E-state index contributed by atoms with van der Waals surface area (Å²) in [5.74, 6) is -0.232. The second-order valence-electron chi connectivity index (χ2n) is 1.83. The summed E-state index contributed by atoms with van der Waals surface area (Å²) in [7, 11) is 2.93. The maximum atomic E-state index is 10.5. The van der Waals surface area contributed by atoms with Crippen LogP contribution in [0.25, 0.3) is 0 Å². The van der Waals surface area contributed by atoms with Crippen molar-refractivity contribution in [3.8, 4) is 0 Å². The SMILES string of the molecule is COC(=O)C[C@H](C)OC. The number of hydrogen-bond donors (Lipinski definition) is 0. The average Bonchev–Trinajstić information content (AvgIpc) is 1.87. The zero-order chi connectivity index (χ0) is 7.28. The quantitative estimate of drug-likeness (QED) is 0.527. The molecular weight excluding hydrogens is 120 g/mol. The molecule has 0 aliphatic heterocycles. The molecule has 3 heteroatoms. The van der Waals surface area contributed by atoms with Crippen molar-refractivity contribution in [2.75, 3.05) is 14.2 Å². The molecule has 0 fully saturated rings. The second-order valence-corrected chi connectivity index (χ2v) is 1.83. The maximum absolute atomic E-state index is 10.5. The molecule has 0 amide bonds. The molecule has 0 heterocycles. The lowest BCUT2D eigenvalue weighted by Gasteiger charge is -2.05. The van der Waals surface area contributed by atoms with Crippen LogP contribution in [0.5, 0.6) is 0 Å². The first-order valence-corrected chi connectivity index (χ1v) is 2.80. The van der Waals surface area contributed by atoms with Gasteiger partial charge in [-0.1, -0.05) is 0 Å². The molecule has 0 N–H and O–H groups in total. The molecule has 9 heavy (non-hydrogen) atoms. The molecule has 0 aromatic carbocycles. The number of esters is 1. The van der Waals surface area contributed by atoms with Crippen molar-refractivity contribution in [2.45, 2.75) is 19.4 Å². The predicted molar refractivity (Wildman–Crippen MR) is 33.1 cm³/mol. The maximum Gasteiger partial charge on any atom is 0.308 e. The minimum atomic E-state index is -0.232. The van der Waals surface area contributed by atoms with E-state index in [4.69, 9.17) is 4.74 Å². The predicted octanol–water partition coefficient (Wildman–Crippen LogP) is 0.584. The zero-order valence-corrected chi connectivity index (χ0v) is 6.01. The van der Waals surface area contributed by atoms with E-state index in [0.717, 1.165) is 0 Å². The molecule has 54 valence electrons. The average molecular weight is 132 g/mol. The molecule has 0 rings (SSSR count). The largest absolute Gasteiger partial charge is 0.469 e. The summed E-state index contributed by atoms with van der Waals surface area (Å²) in [5, 5.41) is 0. The van der Waals surface area contributed by atoms with Gasteiger partial charge in [-0.2, -0.15) is 0 Å². The third-order valence-corrected chi connectivity index (χ3v) is 1.08. The molecule has 0 aliphatic rings. The molecule has 1 atom stereocenters. The van der Waals surface area contributed by atoms with E-state index in [-0.39, 0.29) is 12.1 Å². The van der Waals surface area contributed by atoms with Crippen molar-refractivity contribution in [1.82, 2.24) is 0 Å². The highest BCUT2D eigenvalue weighted by Crippen LogP contribution is 1.95. The van der Waals surface area contributed by atoms with Gasteiger partial charge in [0.2, 0.25) is 0 Å². The Bertz CT molecular complexity index is 90.3. The summed E-state index contributed by atoms with van der Waals surface area (Å²) >= 11 is 0. The number of rotatable bonds is 3. The first kappa shape index (κ1) is 8.43. The van der Waals surface area contributed by atoms with Gasteiger partial charge in [-0.05, 0) is 6.92 Å². The minimum Gasteiger partial charge on any atom is -0.469 e. The van der Waals surface area contributed by atoms with Crippen molar-refractivity contribution >= 4 is 5.97 Å². The normalized spacial score (nSPS) is 12.8. The van der Waals surface area contributed by atoms with E-state index in [1.165, 1.54) is 7.11 Å². The molecule has 0 saturated carbocycles. The first-order valence-electron chi connectivity index (χ1n) is 2.80. The van der Waals surface area contributed by atoms with Crippen LogP contribution in [0.3, 0.4) is 0 Å². The van der Waals surface area contributed by atoms with E-state index in [2.05, 4.69) is 4.74 Å². The number of ether oxygens (including phenoxy) is 2. The van der Waals surface area contributed by atoms with Crippen LogP contribution in [0.15, 0.2) is 0 Å². The summed E-state index contributed by atoms with van der Waals surface area (Å²) in [4.78, 5) is 10.5. The van der Waals surface area contributed by atoms with Gasteiger partial charge in [0, 0.05) is 7.11 Å². The fraction of sp³-hybridized carbons (Fsp3) is 0.833. The first-order chi connectivity index (χ1) is 4.20. The molecule has 0 aromatic rings. The van der Waals surface area contributed by atoms with Crippen molar-refractivity contribution in [3.05, 3.63) is 0 Å². The van der Waals surface area contributed by atoms with E-state index in [1.807, 2.05) is 6.92 Å². The van der Waals surface area contributed by atoms with Gasteiger partial charge in [0.05, 0.1) is 19.6 Å². The number of carbonyl (C=O) groups excluding carboxylic acids is 1. The van der Waals surface area contributed by atoms with Crippen molar-refractivity contribution in [3.63, 3.8) is 0 Å². The smallest absolute Gasteiger partial charge is 0.308 e. The van der Waals surface area contributed by atoms with Gasteiger partial charge in [-0.3, -0.25) is 4.79 Å². The van der Waals surface area contributed by atoms with E-state index in [9.17, 15) is 4.79 Å². The fourth-order valence-electron chi connectivity index (χ4n) is 0.401. The lowest BCUT2D eigenvalue weighted by Crippen LogP contribution is -2.12. The van der Waals surface area contributed by atoms with Crippen molar-refractivity contribution in [1.29, 1.82) is 0 Å². The zero-order valence-electron chi connectivity index (χ0n) is 6.01. The van der Waals surface area contributed by atoms with E-state index in [0.29, 0.717) is 6.42 Å². The lowest BCUT2D eigenvalue weighted by atomic mass is 10.3. The molecule has 0 saturated heterocycles. The summed E-state index contributed by atoms with van der Waals surface area (Å²) in [6, 6.07) is 0. The highest BCUT2D eigenvalue weighted by Gasteiger charge is 2.06. The van der Waals surface area contributed by atoms with Gasteiger partial charge in [0.1, 0.15) is 0 Å². The van der Waals surface area contributed by atoms with Crippen LogP contribution in [-0.4, -0.2) is 26.3 Å². The Hall–Kier alpha value is -0.570. The summed E-state index contributed by atoms with van der Waals surface area (Å²) in [6.45, 7) is 1.82. The van der Waals surface area contributed by atoms with Crippen LogP contribution in [0, 0.1) is 0 Å². The summed E-state index contributed by atoms with van der Waals surface area (Å²) in [6.07, 6.45) is 0.282. The standard InChI is InChI=1S/C6H12O3/c1-5(8-2)4-6(7)9-3/h5H,4H2,1-3H3/t5-/m0/s1. The number of hydrogen-bond acceptors (Lipinski definition) is 3. The summed E-state index contributed by atoms with van der Waals surface area (Å²) in [5.41, 5.74) is 0. The fourth-order valence-corrected chi connectivity index (χ4v) is 0.401. The lowest BCUT2D eigenvalue weighted by molar-refractivity contribution is -0.143. The van der Waals surface area contributed by atoms with Crippen LogP contribution in [0.2, 0.25) is 0 Å². The molecule has 3 nitrogen and oxygen atoms in total. The van der Waals surface area contributed by atoms with Crippen LogP contribution in [0.4, 0.5) is 0 Å². The Morgan fingerprint density at radius 3 is 2.44 bits per heavy atom. The van der Waals surface area contributed by atoms with Gasteiger partial charge in [0.25, 0.3) is 0 Å². The topological polar surface area (TPSA) is 35.5 Å². The molecule has 0 aliphatic carbocycles. The minimum absolute atomic E-state index is 0.0440. The van der Waals surface area contributed by atoms with Gasteiger partial charge in [0.15, 0.2) is 0 Å². The van der Waals surface area contributed by atoms with Gasteiger partial charge in [-0.15, -0.1) is 0 Å². The van der Waals surface area contributed by atoms with Crippen LogP contribution in [-0.2, 0) is 14.3 Å². The van der Waals surface area contributed by atoms with Crippen LogP contribution < -0.4 is 0 Å². The summed E-state index contributed by atoms with van der Waals surface area (Å²) < 4.78 is 9.23. The van der Waals surface area contributed by atoms with Gasteiger partial charge < -0.3 is 9.47 Å². The van der Waals surface area contributed by atoms with Crippen LogP contribution >= 0.6 is 0 Å². The number of carbonyl (C=O) groups is 1. The molecule has 0 aromatic heterocycles. The molecular formula is C6H12O3. The van der Waals surface area contributed by atoms with Gasteiger partial charge in [-0.25, -0.2) is 0 Å². The van der Waals surface area contributed by atoms with E-state index >= 15 is 0 Å². The second kappa shape index (κ2) is 4.32. The molecule has 0 spiro atoms. The third-order valence-electron chi connectivity index (χ3n) is 1.08.